The molecule has 1 aromatic carbocycles. The molecule has 0 radical (unpaired) electrons. The Bertz CT molecular complexity index is 660. The molecule has 118 valence electrons. The van der Waals surface area contributed by atoms with Gasteiger partial charge in [0.1, 0.15) is 24.2 Å². The first-order chi connectivity index (χ1) is 10.6. The molecule has 2 heterocycles. The average molecular weight is 320 g/mol. The van der Waals surface area contributed by atoms with Crippen molar-refractivity contribution in [1.29, 1.82) is 0 Å². The molecule has 0 aliphatic carbocycles. The van der Waals surface area contributed by atoms with E-state index < -0.39 is 6.10 Å². The van der Waals surface area contributed by atoms with Crippen molar-refractivity contribution >= 4 is 27.3 Å². The maximum atomic E-state index is 11.2. The lowest BCUT2D eigenvalue weighted by Gasteiger charge is -2.27. The minimum absolute atomic E-state index is 0.249. The van der Waals surface area contributed by atoms with Crippen LogP contribution in [0.4, 0.5) is 0 Å². The SMILES string of the molecule is Cc1nc2cc(OCC(O)CN3CCC(=O)CC3)ccc2s1. The molecule has 1 fully saturated rings. The summed E-state index contributed by atoms with van der Waals surface area (Å²) in [6.45, 7) is 4.25. The molecule has 1 unspecified atom stereocenters. The van der Waals surface area contributed by atoms with Gasteiger partial charge < -0.3 is 9.84 Å². The lowest BCUT2D eigenvalue weighted by molar-refractivity contribution is -0.121. The molecule has 1 saturated heterocycles. The number of nitrogens with zero attached hydrogens (tertiary/aromatic N) is 2. The van der Waals surface area contributed by atoms with E-state index in [1.807, 2.05) is 25.1 Å². The van der Waals surface area contributed by atoms with Crippen LogP contribution < -0.4 is 4.74 Å². The highest BCUT2D eigenvalue weighted by atomic mass is 32.1. The lowest BCUT2D eigenvalue weighted by Crippen LogP contribution is -2.40. The molecule has 1 atom stereocenters. The number of hydrogen-bond donors (Lipinski definition) is 1. The van der Waals surface area contributed by atoms with Gasteiger partial charge in [-0.2, -0.15) is 0 Å². The molecule has 22 heavy (non-hydrogen) atoms. The summed E-state index contributed by atoms with van der Waals surface area (Å²) in [4.78, 5) is 17.7. The van der Waals surface area contributed by atoms with Gasteiger partial charge in [0.25, 0.3) is 0 Å². The normalized spacial score (nSPS) is 17.8. The van der Waals surface area contributed by atoms with Crippen LogP contribution in [0.5, 0.6) is 5.75 Å². The summed E-state index contributed by atoms with van der Waals surface area (Å²) in [5.41, 5.74) is 0.934. The molecular formula is C16H20N2O3S. The molecule has 2 aromatic rings. The van der Waals surface area contributed by atoms with E-state index in [-0.39, 0.29) is 6.61 Å². The minimum atomic E-state index is -0.555. The van der Waals surface area contributed by atoms with E-state index in [0.717, 1.165) is 34.1 Å². The second-order valence-electron chi connectivity index (χ2n) is 5.67. The number of aryl methyl sites for hydroxylation is 1. The molecular weight excluding hydrogens is 300 g/mol. The predicted octanol–water partition coefficient (Wildman–Crippen LogP) is 2.01. The number of β-amino-alcohol motifs (C(OH)–C–C–N with tert-alkyl or cyclic N) is 1. The topological polar surface area (TPSA) is 62.7 Å². The zero-order chi connectivity index (χ0) is 15.5. The van der Waals surface area contributed by atoms with Gasteiger partial charge in [-0.05, 0) is 19.1 Å². The lowest BCUT2D eigenvalue weighted by atomic mass is 10.1. The fourth-order valence-electron chi connectivity index (χ4n) is 2.64. The Hall–Kier alpha value is -1.50. The monoisotopic (exact) mass is 320 g/mol. The van der Waals surface area contributed by atoms with Crippen molar-refractivity contribution < 1.29 is 14.6 Å². The predicted molar refractivity (Wildman–Crippen MR) is 86.5 cm³/mol. The maximum absolute atomic E-state index is 11.2. The summed E-state index contributed by atoms with van der Waals surface area (Å²) in [6.07, 6.45) is 0.627. The number of rotatable bonds is 5. The Kier molecular flexibility index (Phi) is 4.71. The molecule has 1 N–H and O–H groups in total. The van der Waals surface area contributed by atoms with Crippen LogP contribution in [0.3, 0.4) is 0 Å². The highest BCUT2D eigenvalue weighted by Crippen LogP contribution is 2.25. The van der Waals surface area contributed by atoms with Crippen LogP contribution in [-0.4, -0.2) is 53.1 Å². The number of aliphatic hydroxyl groups is 1. The first kappa shape index (κ1) is 15.4. The Morgan fingerprint density at radius 2 is 2.18 bits per heavy atom. The van der Waals surface area contributed by atoms with Gasteiger partial charge in [0.05, 0.1) is 15.2 Å². The molecule has 1 aliphatic rings. The number of Topliss-reactive ketones (excluding diaryl/α,β-unsaturated/α-hetero) is 1. The van der Waals surface area contributed by atoms with Crippen molar-refractivity contribution in [3.05, 3.63) is 23.2 Å². The molecule has 6 heteroatoms. The van der Waals surface area contributed by atoms with Crippen molar-refractivity contribution in [2.24, 2.45) is 0 Å². The molecule has 0 spiro atoms. The van der Waals surface area contributed by atoms with E-state index in [2.05, 4.69) is 9.88 Å². The zero-order valence-electron chi connectivity index (χ0n) is 12.6. The summed E-state index contributed by atoms with van der Waals surface area (Å²) in [6, 6.07) is 5.81. The highest BCUT2D eigenvalue weighted by molar-refractivity contribution is 7.18. The molecule has 3 rings (SSSR count). The molecule has 1 aliphatic heterocycles. The number of thiazole rings is 1. The average Bonchev–Trinajstić information content (AvgIpc) is 2.87. The van der Waals surface area contributed by atoms with E-state index in [0.29, 0.717) is 25.2 Å². The van der Waals surface area contributed by atoms with Gasteiger partial charge in [-0.25, -0.2) is 4.98 Å². The minimum Gasteiger partial charge on any atom is -0.491 e. The number of ether oxygens (including phenoxy) is 1. The van der Waals surface area contributed by atoms with Crippen LogP contribution in [0.15, 0.2) is 18.2 Å². The fourth-order valence-corrected chi connectivity index (χ4v) is 3.45. The van der Waals surface area contributed by atoms with Gasteiger partial charge >= 0.3 is 0 Å². The first-order valence-corrected chi connectivity index (χ1v) is 8.34. The number of piperidine rings is 1. The van der Waals surface area contributed by atoms with Crippen molar-refractivity contribution in [1.82, 2.24) is 9.88 Å². The maximum Gasteiger partial charge on any atom is 0.135 e. The van der Waals surface area contributed by atoms with Gasteiger partial charge in [0, 0.05) is 38.5 Å². The van der Waals surface area contributed by atoms with E-state index >= 15 is 0 Å². The number of aliphatic hydroxyl groups excluding tert-OH is 1. The summed E-state index contributed by atoms with van der Waals surface area (Å²) in [5, 5.41) is 11.1. The smallest absolute Gasteiger partial charge is 0.135 e. The van der Waals surface area contributed by atoms with Crippen molar-refractivity contribution in [3.8, 4) is 5.75 Å². The molecule has 0 bridgehead atoms. The second kappa shape index (κ2) is 6.73. The number of aromatic nitrogens is 1. The van der Waals surface area contributed by atoms with E-state index in [4.69, 9.17) is 4.74 Å². The summed E-state index contributed by atoms with van der Waals surface area (Å²) in [7, 11) is 0. The third-order valence-electron chi connectivity index (χ3n) is 3.79. The Morgan fingerprint density at radius 3 is 2.95 bits per heavy atom. The van der Waals surface area contributed by atoms with Crippen molar-refractivity contribution in [3.63, 3.8) is 0 Å². The molecule has 5 nitrogen and oxygen atoms in total. The number of carbonyl (C=O) groups is 1. The highest BCUT2D eigenvalue weighted by Gasteiger charge is 2.19. The second-order valence-corrected chi connectivity index (χ2v) is 6.90. The third-order valence-corrected chi connectivity index (χ3v) is 4.74. The van der Waals surface area contributed by atoms with Crippen LogP contribution in [0.2, 0.25) is 0 Å². The largest absolute Gasteiger partial charge is 0.491 e. The zero-order valence-corrected chi connectivity index (χ0v) is 13.4. The van der Waals surface area contributed by atoms with Gasteiger partial charge in [-0.3, -0.25) is 9.69 Å². The van der Waals surface area contributed by atoms with Gasteiger partial charge in [0.2, 0.25) is 0 Å². The third kappa shape index (κ3) is 3.82. The quantitative estimate of drug-likeness (QED) is 0.913. The fraction of sp³-hybridized carbons (Fsp3) is 0.500. The van der Waals surface area contributed by atoms with Gasteiger partial charge in [0.15, 0.2) is 0 Å². The number of likely N-dealkylation sites (tertiary alicyclic amines) is 1. The summed E-state index contributed by atoms with van der Waals surface area (Å²) >= 11 is 1.66. The van der Waals surface area contributed by atoms with Gasteiger partial charge in [-0.15, -0.1) is 11.3 Å². The van der Waals surface area contributed by atoms with Gasteiger partial charge in [-0.1, -0.05) is 0 Å². The van der Waals surface area contributed by atoms with Crippen LogP contribution in [-0.2, 0) is 4.79 Å². The Labute approximate surface area is 133 Å². The molecule has 0 saturated carbocycles. The Morgan fingerprint density at radius 1 is 1.41 bits per heavy atom. The molecule has 0 amide bonds. The molecule has 1 aromatic heterocycles. The van der Waals surface area contributed by atoms with E-state index in [1.165, 1.54) is 0 Å². The number of benzene rings is 1. The summed E-state index contributed by atoms with van der Waals surface area (Å²) < 4.78 is 6.81. The number of carbonyl (C=O) groups excluding carboxylic acids is 1. The number of ketones is 1. The standard InChI is InChI=1S/C16H20N2O3S/c1-11-17-15-8-14(2-3-16(15)22-11)21-10-13(20)9-18-6-4-12(19)5-7-18/h2-3,8,13,20H,4-7,9-10H2,1H3. The number of hydrogen-bond acceptors (Lipinski definition) is 6. The van der Waals surface area contributed by atoms with Crippen molar-refractivity contribution in [2.75, 3.05) is 26.2 Å². The van der Waals surface area contributed by atoms with E-state index in [9.17, 15) is 9.90 Å². The number of fused-ring (bicyclic) bond motifs is 1. The van der Waals surface area contributed by atoms with Crippen LogP contribution in [0.25, 0.3) is 10.2 Å². The first-order valence-electron chi connectivity index (χ1n) is 7.52. The summed E-state index contributed by atoms with van der Waals surface area (Å²) in [5.74, 6) is 1.04. The van der Waals surface area contributed by atoms with Crippen LogP contribution in [0.1, 0.15) is 17.8 Å². The van der Waals surface area contributed by atoms with Crippen molar-refractivity contribution in [2.45, 2.75) is 25.9 Å². The Balaban J connectivity index is 1.51. The van der Waals surface area contributed by atoms with E-state index in [1.54, 1.807) is 11.3 Å². The van der Waals surface area contributed by atoms with Crippen LogP contribution >= 0.6 is 11.3 Å². The van der Waals surface area contributed by atoms with Crippen LogP contribution in [0, 0.1) is 6.92 Å².